The van der Waals surface area contributed by atoms with Gasteiger partial charge in [0.15, 0.2) is 5.82 Å². The lowest BCUT2D eigenvalue weighted by atomic mass is 9.89. The molecule has 0 saturated carbocycles. The van der Waals surface area contributed by atoms with Crippen LogP contribution in [0.15, 0.2) is 47.6 Å². The largest absolute Gasteiger partial charge is 0.481 e. The number of hydrogen-bond acceptors (Lipinski definition) is 5. The van der Waals surface area contributed by atoms with Crippen molar-refractivity contribution >= 4 is 16.0 Å². The van der Waals surface area contributed by atoms with E-state index < -0.39 is 28.0 Å². The predicted octanol–water partition coefficient (Wildman–Crippen LogP) is 1.77. The third-order valence-corrected chi connectivity index (χ3v) is 6.96. The van der Waals surface area contributed by atoms with Crippen molar-refractivity contribution in [2.75, 3.05) is 0 Å². The molecular formula is C17H17N3O4S. The summed E-state index contributed by atoms with van der Waals surface area (Å²) in [4.78, 5) is 19.7. The van der Waals surface area contributed by atoms with Crippen LogP contribution in [0, 0.1) is 5.92 Å². The zero-order valence-electron chi connectivity index (χ0n) is 13.3. The van der Waals surface area contributed by atoms with E-state index >= 15 is 0 Å². The molecule has 130 valence electrons. The van der Waals surface area contributed by atoms with E-state index in [1.807, 2.05) is 30.3 Å². The molecule has 2 aliphatic heterocycles. The van der Waals surface area contributed by atoms with Gasteiger partial charge < -0.3 is 5.11 Å². The second kappa shape index (κ2) is 5.89. The van der Waals surface area contributed by atoms with Crippen molar-refractivity contribution in [1.29, 1.82) is 0 Å². The Morgan fingerprint density at radius 3 is 2.40 bits per heavy atom. The van der Waals surface area contributed by atoms with Crippen LogP contribution in [0.1, 0.15) is 19.3 Å². The highest BCUT2D eigenvalue weighted by atomic mass is 32.2. The van der Waals surface area contributed by atoms with Gasteiger partial charge in [0.1, 0.15) is 4.90 Å². The molecule has 0 amide bonds. The number of aromatic nitrogens is 2. The summed E-state index contributed by atoms with van der Waals surface area (Å²) < 4.78 is 27.3. The normalized spacial score (nSPS) is 26.0. The molecular weight excluding hydrogens is 342 g/mol. The average Bonchev–Trinajstić information content (AvgIpc) is 3.22. The van der Waals surface area contributed by atoms with E-state index in [-0.39, 0.29) is 10.9 Å². The van der Waals surface area contributed by atoms with Crippen LogP contribution in [-0.2, 0) is 14.8 Å². The zero-order valence-corrected chi connectivity index (χ0v) is 14.1. The molecule has 2 fully saturated rings. The Labute approximate surface area is 145 Å². The van der Waals surface area contributed by atoms with Crippen LogP contribution in [0.25, 0.3) is 11.4 Å². The quantitative estimate of drug-likeness (QED) is 0.893. The van der Waals surface area contributed by atoms with E-state index in [0.29, 0.717) is 25.1 Å². The van der Waals surface area contributed by atoms with Gasteiger partial charge >= 0.3 is 5.97 Å². The number of hydrogen-bond donors (Lipinski definition) is 1. The van der Waals surface area contributed by atoms with Gasteiger partial charge in [-0.1, -0.05) is 30.3 Å². The van der Waals surface area contributed by atoms with Gasteiger partial charge in [-0.2, -0.15) is 4.31 Å². The van der Waals surface area contributed by atoms with Crippen LogP contribution in [0.2, 0.25) is 0 Å². The molecule has 25 heavy (non-hydrogen) atoms. The fourth-order valence-electron chi connectivity index (χ4n) is 3.89. The first-order valence-electron chi connectivity index (χ1n) is 8.12. The third kappa shape index (κ3) is 2.61. The number of carboxylic acid groups (broad SMARTS) is 1. The fourth-order valence-corrected chi connectivity index (χ4v) is 5.69. The van der Waals surface area contributed by atoms with Gasteiger partial charge in [-0.3, -0.25) is 4.79 Å². The summed E-state index contributed by atoms with van der Waals surface area (Å²) in [5.41, 5.74) is 0.804. The number of aliphatic carboxylic acids is 1. The lowest BCUT2D eigenvalue weighted by Crippen LogP contribution is -2.37. The smallest absolute Gasteiger partial charge is 0.308 e. The molecule has 0 aliphatic carbocycles. The average molecular weight is 359 g/mol. The van der Waals surface area contributed by atoms with Crippen molar-refractivity contribution in [3.8, 4) is 11.4 Å². The first kappa shape index (κ1) is 16.2. The first-order valence-corrected chi connectivity index (χ1v) is 9.56. The van der Waals surface area contributed by atoms with Crippen molar-refractivity contribution in [1.82, 2.24) is 14.3 Å². The summed E-state index contributed by atoms with van der Waals surface area (Å²) in [6.45, 7) is 0. The SMILES string of the molecule is O=C(O)[C@@H]1C[C@H]2CC[C@H]1N2S(=O)(=O)c1cnc(-c2ccccc2)nc1. The fraction of sp³-hybridized carbons (Fsp3) is 0.353. The number of rotatable bonds is 4. The molecule has 1 N–H and O–H groups in total. The van der Waals surface area contributed by atoms with Gasteiger partial charge in [-0.05, 0) is 19.3 Å². The van der Waals surface area contributed by atoms with E-state index in [9.17, 15) is 18.3 Å². The van der Waals surface area contributed by atoms with Gasteiger partial charge in [0.2, 0.25) is 10.0 Å². The number of fused-ring (bicyclic) bond motifs is 2. The molecule has 1 aromatic carbocycles. The number of benzene rings is 1. The van der Waals surface area contributed by atoms with Gasteiger partial charge in [-0.15, -0.1) is 0 Å². The van der Waals surface area contributed by atoms with Gasteiger partial charge in [0, 0.05) is 17.6 Å². The van der Waals surface area contributed by atoms with Crippen molar-refractivity contribution in [3.05, 3.63) is 42.7 Å². The Morgan fingerprint density at radius 2 is 1.80 bits per heavy atom. The number of carbonyl (C=O) groups is 1. The van der Waals surface area contributed by atoms with Crippen LogP contribution in [0.3, 0.4) is 0 Å². The number of sulfonamides is 1. The van der Waals surface area contributed by atoms with Crippen LogP contribution in [0.4, 0.5) is 0 Å². The van der Waals surface area contributed by atoms with Crippen LogP contribution < -0.4 is 0 Å². The predicted molar refractivity (Wildman–Crippen MR) is 89.0 cm³/mol. The van der Waals surface area contributed by atoms with Crippen molar-refractivity contribution in [2.45, 2.75) is 36.2 Å². The Morgan fingerprint density at radius 1 is 1.12 bits per heavy atom. The Balaban J connectivity index is 1.64. The molecule has 2 aromatic rings. The molecule has 0 spiro atoms. The molecule has 3 atom stereocenters. The minimum Gasteiger partial charge on any atom is -0.481 e. The summed E-state index contributed by atoms with van der Waals surface area (Å²) >= 11 is 0. The molecule has 8 heteroatoms. The molecule has 1 aromatic heterocycles. The Bertz CT molecular complexity index is 899. The van der Waals surface area contributed by atoms with E-state index in [1.54, 1.807) is 0 Å². The van der Waals surface area contributed by atoms with Crippen LogP contribution in [0.5, 0.6) is 0 Å². The molecule has 4 rings (SSSR count). The lowest BCUT2D eigenvalue weighted by Gasteiger charge is -2.22. The van der Waals surface area contributed by atoms with Crippen molar-refractivity contribution < 1.29 is 18.3 Å². The molecule has 3 heterocycles. The lowest BCUT2D eigenvalue weighted by molar-refractivity contribution is -0.142. The molecule has 0 radical (unpaired) electrons. The van der Waals surface area contributed by atoms with Crippen LogP contribution in [-0.4, -0.2) is 45.9 Å². The minimum absolute atomic E-state index is 0.00937. The molecule has 2 aliphatic rings. The first-order chi connectivity index (χ1) is 12.0. The zero-order chi connectivity index (χ0) is 17.6. The summed E-state index contributed by atoms with van der Waals surface area (Å²) in [6.07, 6.45) is 4.28. The highest BCUT2D eigenvalue weighted by Crippen LogP contribution is 2.44. The molecule has 2 bridgehead atoms. The van der Waals surface area contributed by atoms with E-state index in [4.69, 9.17) is 0 Å². The molecule has 7 nitrogen and oxygen atoms in total. The van der Waals surface area contributed by atoms with Gasteiger partial charge in [0.25, 0.3) is 0 Å². The van der Waals surface area contributed by atoms with E-state index in [0.717, 1.165) is 5.56 Å². The van der Waals surface area contributed by atoms with Crippen molar-refractivity contribution in [3.63, 3.8) is 0 Å². The summed E-state index contributed by atoms with van der Waals surface area (Å²) in [6, 6.07) is 8.58. The third-order valence-electron chi connectivity index (χ3n) is 5.03. The Hall–Kier alpha value is -2.32. The summed E-state index contributed by atoms with van der Waals surface area (Å²) in [5, 5.41) is 9.31. The number of nitrogens with zero attached hydrogens (tertiary/aromatic N) is 3. The standard InChI is InChI=1S/C17H17N3O4S/c21-17(22)14-8-12-6-7-15(14)20(12)25(23,24)13-9-18-16(19-10-13)11-4-2-1-3-5-11/h1-5,9-10,12,14-15H,6-8H2,(H,21,22)/t12-,14-,15-/m1/s1. The second-order valence-electron chi connectivity index (χ2n) is 6.42. The Kier molecular flexibility index (Phi) is 3.81. The number of carboxylic acids is 1. The maximum atomic E-state index is 13.0. The van der Waals surface area contributed by atoms with Crippen molar-refractivity contribution in [2.24, 2.45) is 5.92 Å². The topological polar surface area (TPSA) is 100 Å². The van der Waals surface area contributed by atoms with Gasteiger partial charge in [-0.25, -0.2) is 18.4 Å². The van der Waals surface area contributed by atoms with Crippen LogP contribution >= 0.6 is 0 Å². The second-order valence-corrected chi connectivity index (χ2v) is 8.27. The maximum absolute atomic E-state index is 13.0. The maximum Gasteiger partial charge on any atom is 0.308 e. The van der Waals surface area contributed by atoms with Gasteiger partial charge in [0.05, 0.1) is 18.3 Å². The monoisotopic (exact) mass is 359 g/mol. The van der Waals surface area contributed by atoms with E-state index in [1.165, 1.54) is 16.7 Å². The highest BCUT2D eigenvalue weighted by molar-refractivity contribution is 7.89. The molecule has 2 saturated heterocycles. The highest BCUT2D eigenvalue weighted by Gasteiger charge is 2.54. The van der Waals surface area contributed by atoms with E-state index in [2.05, 4.69) is 9.97 Å². The molecule has 0 unspecified atom stereocenters. The summed E-state index contributed by atoms with van der Waals surface area (Å²) in [7, 11) is -3.79. The minimum atomic E-state index is -3.79. The summed E-state index contributed by atoms with van der Waals surface area (Å²) in [5.74, 6) is -1.10.